The lowest BCUT2D eigenvalue weighted by Crippen LogP contribution is -2.44. The Balaban J connectivity index is 4.79. The SMILES string of the molecule is CCC(CC(C)O)OC(CO)COC(COCC(O)C[N+](C)(C)C)COCC(O)C[N+](C)(C)C. The molecular formula is C24H54N2O8+2. The molecule has 10 heteroatoms. The monoisotopic (exact) mass is 498 g/mol. The number of rotatable bonds is 21. The van der Waals surface area contributed by atoms with Gasteiger partial charge in [-0.25, -0.2) is 0 Å². The van der Waals surface area contributed by atoms with Gasteiger partial charge in [-0.15, -0.1) is 0 Å². The fraction of sp³-hybridized carbons (Fsp3) is 1.00. The second-order valence-electron chi connectivity index (χ2n) is 11.3. The third-order valence-electron chi connectivity index (χ3n) is 4.91. The largest absolute Gasteiger partial charge is 0.394 e. The zero-order chi connectivity index (χ0) is 26.4. The standard InChI is InChI=1S/C24H54N2O8/c1-9-22(10-19(2)28)34-23(13-27)18-33-24(16-31-14-20(29)11-25(3,4)5)17-32-15-21(30)12-26(6,7)8/h19-24,27-30H,9-18H2,1-8H3/q+2. The first kappa shape index (κ1) is 33.6. The van der Waals surface area contributed by atoms with E-state index in [1.165, 1.54) is 0 Å². The predicted molar refractivity (Wildman–Crippen MR) is 132 cm³/mol. The minimum absolute atomic E-state index is 0.132. The van der Waals surface area contributed by atoms with Gasteiger partial charge in [-0.05, 0) is 19.8 Å². The van der Waals surface area contributed by atoms with Crippen LogP contribution in [0, 0.1) is 0 Å². The summed E-state index contributed by atoms with van der Waals surface area (Å²) in [7, 11) is 12.0. The van der Waals surface area contributed by atoms with E-state index in [0.29, 0.717) is 34.9 Å². The maximum atomic E-state index is 10.2. The van der Waals surface area contributed by atoms with Gasteiger partial charge in [0.1, 0.15) is 37.5 Å². The molecule has 0 spiro atoms. The van der Waals surface area contributed by atoms with Crippen molar-refractivity contribution in [1.82, 2.24) is 0 Å². The lowest BCUT2D eigenvalue weighted by atomic mass is 10.1. The van der Waals surface area contributed by atoms with Crippen LogP contribution in [0.5, 0.6) is 0 Å². The zero-order valence-electron chi connectivity index (χ0n) is 22.9. The Kier molecular flexibility index (Phi) is 16.9. The molecule has 5 unspecified atom stereocenters. The zero-order valence-corrected chi connectivity index (χ0v) is 22.9. The summed E-state index contributed by atoms with van der Waals surface area (Å²) in [6.45, 7) is 5.45. The Hall–Kier alpha value is -0.400. The van der Waals surface area contributed by atoms with E-state index in [2.05, 4.69) is 0 Å². The summed E-state index contributed by atoms with van der Waals surface area (Å²) in [6, 6.07) is 0. The molecule has 0 aromatic heterocycles. The lowest BCUT2D eigenvalue weighted by molar-refractivity contribution is -0.873. The third kappa shape index (κ3) is 19.9. The van der Waals surface area contributed by atoms with Crippen LogP contribution in [0.25, 0.3) is 0 Å². The number of nitrogens with zero attached hydrogens (tertiary/aromatic N) is 2. The molecule has 0 aromatic rings. The molecule has 0 aliphatic heterocycles. The quantitative estimate of drug-likeness (QED) is 0.156. The van der Waals surface area contributed by atoms with Crippen LogP contribution in [0.3, 0.4) is 0 Å². The summed E-state index contributed by atoms with van der Waals surface area (Å²) in [6.07, 6.45) is -1.68. The van der Waals surface area contributed by atoms with Gasteiger partial charge in [-0.3, -0.25) is 0 Å². The Morgan fingerprint density at radius 1 is 0.676 bits per heavy atom. The second kappa shape index (κ2) is 17.1. The molecule has 0 fully saturated rings. The van der Waals surface area contributed by atoms with E-state index in [4.69, 9.17) is 18.9 Å². The molecule has 34 heavy (non-hydrogen) atoms. The lowest BCUT2D eigenvalue weighted by Gasteiger charge is -2.28. The molecule has 5 atom stereocenters. The van der Waals surface area contributed by atoms with Crippen LogP contribution in [0.2, 0.25) is 0 Å². The number of ether oxygens (including phenoxy) is 4. The summed E-state index contributed by atoms with van der Waals surface area (Å²) >= 11 is 0. The van der Waals surface area contributed by atoms with Crippen molar-refractivity contribution in [2.75, 3.05) is 95.0 Å². The van der Waals surface area contributed by atoms with Gasteiger partial charge < -0.3 is 48.3 Å². The fourth-order valence-electron chi connectivity index (χ4n) is 3.53. The second-order valence-corrected chi connectivity index (χ2v) is 11.3. The Morgan fingerprint density at radius 2 is 1.15 bits per heavy atom. The summed E-state index contributed by atoms with van der Waals surface area (Å²) in [5.41, 5.74) is 0. The van der Waals surface area contributed by atoms with Gasteiger partial charge in [-0.1, -0.05) is 6.92 Å². The molecule has 10 nitrogen and oxygen atoms in total. The normalized spacial score (nSPS) is 18.4. The van der Waals surface area contributed by atoms with Gasteiger partial charge in [0.05, 0.1) is 94.1 Å². The molecule has 4 N–H and O–H groups in total. The first-order valence-electron chi connectivity index (χ1n) is 12.3. The molecule has 0 rings (SSSR count). The Morgan fingerprint density at radius 3 is 1.50 bits per heavy atom. The molecule has 0 aliphatic carbocycles. The molecule has 0 radical (unpaired) electrons. The van der Waals surface area contributed by atoms with E-state index in [1.807, 2.05) is 49.2 Å². The molecule has 0 bridgehead atoms. The van der Waals surface area contributed by atoms with Crippen molar-refractivity contribution in [2.45, 2.75) is 63.3 Å². The van der Waals surface area contributed by atoms with Crippen LogP contribution in [0.15, 0.2) is 0 Å². The van der Waals surface area contributed by atoms with Crippen LogP contribution in [0.1, 0.15) is 26.7 Å². The molecule has 0 aromatic carbocycles. The molecular weight excluding hydrogens is 444 g/mol. The van der Waals surface area contributed by atoms with Gasteiger partial charge in [0.25, 0.3) is 0 Å². The van der Waals surface area contributed by atoms with Crippen molar-refractivity contribution in [1.29, 1.82) is 0 Å². The molecule has 0 heterocycles. The van der Waals surface area contributed by atoms with Crippen molar-refractivity contribution < 1.29 is 48.3 Å². The van der Waals surface area contributed by atoms with E-state index in [9.17, 15) is 20.4 Å². The maximum Gasteiger partial charge on any atom is 0.126 e. The fourth-order valence-corrected chi connectivity index (χ4v) is 3.53. The summed E-state index contributed by atoms with van der Waals surface area (Å²) in [4.78, 5) is 0. The van der Waals surface area contributed by atoms with Crippen LogP contribution in [-0.2, 0) is 18.9 Å². The Bertz CT molecular complexity index is 468. The average Bonchev–Trinajstić information content (AvgIpc) is 2.66. The highest BCUT2D eigenvalue weighted by Gasteiger charge is 2.22. The van der Waals surface area contributed by atoms with E-state index >= 15 is 0 Å². The van der Waals surface area contributed by atoms with Gasteiger partial charge >= 0.3 is 0 Å². The summed E-state index contributed by atoms with van der Waals surface area (Å²) in [5.74, 6) is 0. The molecule has 0 saturated heterocycles. The average molecular weight is 499 g/mol. The smallest absolute Gasteiger partial charge is 0.126 e. The topological polar surface area (TPSA) is 118 Å². The van der Waals surface area contributed by atoms with Gasteiger partial charge in [-0.2, -0.15) is 0 Å². The van der Waals surface area contributed by atoms with Gasteiger partial charge in [0.15, 0.2) is 0 Å². The van der Waals surface area contributed by atoms with Crippen molar-refractivity contribution >= 4 is 0 Å². The van der Waals surface area contributed by atoms with Crippen molar-refractivity contribution in [2.24, 2.45) is 0 Å². The van der Waals surface area contributed by atoms with E-state index in [-0.39, 0.29) is 45.7 Å². The van der Waals surface area contributed by atoms with Crippen LogP contribution in [-0.4, -0.2) is 161 Å². The minimum atomic E-state index is -0.604. The molecule has 0 aliphatic rings. The van der Waals surface area contributed by atoms with E-state index < -0.39 is 30.5 Å². The minimum Gasteiger partial charge on any atom is -0.394 e. The van der Waals surface area contributed by atoms with Gasteiger partial charge in [0, 0.05) is 0 Å². The summed E-state index contributed by atoms with van der Waals surface area (Å²) in [5, 5.41) is 39.7. The van der Waals surface area contributed by atoms with E-state index in [1.54, 1.807) is 6.92 Å². The van der Waals surface area contributed by atoms with Crippen LogP contribution < -0.4 is 0 Å². The van der Waals surface area contributed by atoms with Crippen LogP contribution >= 0.6 is 0 Å². The molecule has 0 saturated carbocycles. The predicted octanol–water partition coefficient (Wildman–Crippen LogP) is -0.534. The third-order valence-corrected chi connectivity index (χ3v) is 4.91. The van der Waals surface area contributed by atoms with Gasteiger partial charge in [0.2, 0.25) is 0 Å². The number of hydrogen-bond donors (Lipinski definition) is 4. The molecule has 206 valence electrons. The summed E-state index contributed by atoms with van der Waals surface area (Å²) < 4.78 is 24.5. The Labute approximate surface area is 207 Å². The number of hydrogen-bond acceptors (Lipinski definition) is 8. The van der Waals surface area contributed by atoms with Crippen molar-refractivity contribution in [3.05, 3.63) is 0 Å². The number of likely N-dealkylation sites (N-methyl/N-ethyl adjacent to an activating group) is 2. The van der Waals surface area contributed by atoms with Crippen LogP contribution in [0.4, 0.5) is 0 Å². The number of aliphatic hydroxyl groups excluding tert-OH is 4. The number of aliphatic hydroxyl groups is 4. The highest BCUT2D eigenvalue weighted by Crippen LogP contribution is 2.11. The first-order chi connectivity index (χ1) is 15.6. The highest BCUT2D eigenvalue weighted by atomic mass is 16.6. The van der Waals surface area contributed by atoms with E-state index in [0.717, 1.165) is 0 Å². The maximum absolute atomic E-state index is 10.2. The molecule has 0 amide bonds. The van der Waals surface area contributed by atoms with Crippen molar-refractivity contribution in [3.63, 3.8) is 0 Å². The van der Waals surface area contributed by atoms with Crippen molar-refractivity contribution in [3.8, 4) is 0 Å². The number of quaternary nitrogens is 2. The highest BCUT2D eigenvalue weighted by molar-refractivity contribution is 4.67. The first-order valence-corrected chi connectivity index (χ1v) is 12.3.